The van der Waals surface area contributed by atoms with Crippen molar-refractivity contribution in [2.75, 3.05) is 17.2 Å². The fourth-order valence-electron chi connectivity index (χ4n) is 3.16. The quantitative estimate of drug-likeness (QED) is 0.619. The highest BCUT2D eigenvalue weighted by atomic mass is 79.9. The molecule has 0 radical (unpaired) electrons. The number of benzene rings is 1. The van der Waals surface area contributed by atoms with Gasteiger partial charge in [-0.15, -0.1) is 0 Å². The van der Waals surface area contributed by atoms with Gasteiger partial charge in [0, 0.05) is 5.70 Å². The van der Waals surface area contributed by atoms with Gasteiger partial charge in [-0.2, -0.15) is 10.1 Å². The van der Waals surface area contributed by atoms with Crippen molar-refractivity contribution >= 4 is 33.5 Å². The summed E-state index contributed by atoms with van der Waals surface area (Å²) in [5.74, 6) is 1.44. The highest BCUT2D eigenvalue weighted by Gasteiger charge is 2.35. The highest BCUT2D eigenvalue weighted by Crippen LogP contribution is 2.37. The molecule has 3 aromatic rings. The zero-order valence-corrected chi connectivity index (χ0v) is 16.9. The smallest absolute Gasteiger partial charge is 0.256 e. The predicted molar refractivity (Wildman–Crippen MR) is 107 cm³/mol. The molecule has 0 bridgehead atoms. The summed E-state index contributed by atoms with van der Waals surface area (Å²) in [5, 5.41) is 10.3. The largest absolute Gasteiger partial charge is 0.492 e. The number of rotatable bonds is 5. The number of carbonyl (C=O) groups is 1. The number of para-hydroxylation sites is 2. The SMILES string of the molecule is CCOc1ccccc1NC(=O)C1=C(C)Nc2ncnn2C1c1ccc(Br)o1. The number of amides is 1. The number of carbonyl (C=O) groups excluding carboxylic acids is 1. The zero-order valence-electron chi connectivity index (χ0n) is 15.3. The van der Waals surface area contributed by atoms with E-state index in [4.69, 9.17) is 9.15 Å². The molecule has 28 heavy (non-hydrogen) atoms. The van der Waals surface area contributed by atoms with Crippen LogP contribution >= 0.6 is 15.9 Å². The molecule has 9 heteroatoms. The van der Waals surface area contributed by atoms with Crippen molar-refractivity contribution < 1.29 is 13.9 Å². The third-order valence-electron chi connectivity index (χ3n) is 4.34. The van der Waals surface area contributed by atoms with Gasteiger partial charge in [0.25, 0.3) is 5.91 Å². The van der Waals surface area contributed by atoms with E-state index in [1.807, 2.05) is 32.0 Å². The molecule has 2 N–H and O–H groups in total. The summed E-state index contributed by atoms with van der Waals surface area (Å²) in [6.07, 6.45) is 1.44. The van der Waals surface area contributed by atoms with E-state index >= 15 is 0 Å². The Labute approximate surface area is 169 Å². The van der Waals surface area contributed by atoms with Crippen LogP contribution in [0.25, 0.3) is 0 Å². The van der Waals surface area contributed by atoms with E-state index in [9.17, 15) is 4.79 Å². The first kappa shape index (κ1) is 18.3. The second kappa shape index (κ2) is 7.51. The zero-order chi connectivity index (χ0) is 19.7. The van der Waals surface area contributed by atoms with Crippen LogP contribution in [0.15, 0.2) is 63.1 Å². The average Bonchev–Trinajstić information content (AvgIpc) is 3.31. The molecule has 0 spiro atoms. The van der Waals surface area contributed by atoms with Gasteiger partial charge in [-0.25, -0.2) is 4.68 Å². The fourth-order valence-corrected chi connectivity index (χ4v) is 3.48. The first-order chi connectivity index (χ1) is 13.6. The van der Waals surface area contributed by atoms with Crippen molar-refractivity contribution in [1.82, 2.24) is 14.8 Å². The minimum absolute atomic E-state index is 0.282. The molecule has 0 saturated heterocycles. The molecule has 3 heterocycles. The Balaban J connectivity index is 1.73. The maximum atomic E-state index is 13.3. The number of hydrogen-bond acceptors (Lipinski definition) is 6. The molecule has 2 aromatic heterocycles. The molecule has 1 aromatic carbocycles. The summed E-state index contributed by atoms with van der Waals surface area (Å²) in [6, 6.07) is 10.4. The molecule has 1 aliphatic rings. The lowest BCUT2D eigenvalue weighted by molar-refractivity contribution is -0.113. The normalized spacial score (nSPS) is 15.8. The molecule has 1 atom stereocenters. The van der Waals surface area contributed by atoms with Crippen LogP contribution in [0.3, 0.4) is 0 Å². The van der Waals surface area contributed by atoms with Crippen LogP contribution in [-0.4, -0.2) is 27.3 Å². The van der Waals surface area contributed by atoms with E-state index < -0.39 is 6.04 Å². The number of halogens is 1. The van der Waals surface area contributed by atoms with E-state index in [2.05, 4.69) is 36.6 Å². The van der Waals surface area contributed by atoms with E-state index in [-0.39, 0.29) is 5.91 Å². The number of fused-ring (bicyclic) bond motifs is 1. The van der Waals surface area contributed by atoms with Gasteiger partial charge >= 0.3 is 0 Å². The summed E-state index contributed by atoms with van der Waals surface area (Å²) in [6.45, 7) is 4.22. The molecular formula is C19H18BrN5O3. The maximum absolute atomic E-state index is 13.3. The van der Waals surface area contributed by atoms with Gasteiger partial charge in [0.05, 0.1) is 17.9 Å². The Morgan fingerprint density at radius 2 is 2.18 bits per heavy atom. The molecule has 4 rings (SSSR count). The lowest BCUT2D eigenvalue weighted by Gasteiger charge is -2.27. The van der Waals surface area contributed by atoms with Gasteiger partial charge in [-0.3, -0.25) is 4.79 Å². The summed E-state index contributed by atoms with van der Waals surface area (Å²) < 4.78 is 13.6. The Hall–Kier alpha value is -3.07. The Morgan fingerprint density at radius 3 is 2.93 bits per heavy atom. The second-order valence-corrected chi connectivity index (χ2v) is 6.90. The van der Waals surface area contributed by atoms with Gasteiger partial charge in [-0.1, -0.05) is 12.1 Å². The Kier molecular flexibility index (Phi) is 4.91. The number of allylic oxidation sites excluding steroid dienone is 1. The van der Waals surface area contributed by atoms with Crippen LogP contribution in [0.1, 0.15) is 25.6 Å². The van der Waals surface area contributed by atoms with Gasteiger partial charge in [-0.05, 0) is 54.0 Å². The van der Waals surface area contributed by atoms with Crippen molar-refractivity contribution in [2.24, 2.45) is 0 Å². The van der Waals surface area contributed by atoms with Crippen LogP contribution in [0.4, 0.5) is 11.6 Å². The third kappa shape index (κ3) is 3.29. The van der Waals surface area contributed by atoms with Gasteiger partial charge in [0.15, 0.2) is 4.67 Å². The molecule has 0 fully saturated rings. The van der Waals surface area contributed by atoms with E-state index in [0.717, 1.165) is 0 Å². The lowest BCUT2D eigenvalue weighted by atomic mass is 10.00. The number of furan rings is 1. The average molecular weight is 444 g/mol. The van der Waals surface area contributed by atoms with Gasteiger partial charge < -0.3 is 19.8 Å². The van der Waals surface area contributed by atoms with Gasteiger partial charge in [0.2, 0.25) is 5.95 Å². The Bertz CT molecular complexity index is 1060. The first-order valence-corrected chi connectivity index (χ1v) is 9.53. The summed E-state index contributed by atoms with van der Waals surface area (Å²) in [4.78, 5) is 17.5. The van der Waals surface area contributed by atoms with Crippen molar-refractivity contribution in [3.8, 4) is 5.75 Å². The molecule has 1 amide bonds. The van der Waals surface area contributed by atoms with Crippen molar-refractivity contribution in [2.45, 2.75) is 19.9 Å². The van der Waals surface area contributed by atoms with Crippen LogP contribution in [0.5, 0.6) is 5.75 Å². The maximum Gasteiger partial charge on any atom is 0.256 e. The standard InChI is InChI=1S/C19H18BrN5O3/c1-3-27-13-7-5-4-6-12(13)24-18(26)16-11(2)23-19-21-10-22-25(19)17(16)14-8-9-15(20)28-14/h4-10,17H,3H2,1-2H3,(H,24,26)(H,21,22,23). The van der Waals surface area contributed by atoms with Gasteiger partial charge in [0.1, 0.15) is 23.9 Å². The second-order valence-electron chi connectivity index (χ2n) is 6.12. The molecular weight excluding hydrogens is 426 g/mol. The van der Waals surface area contributed by atoms with Crippen molar-refractivity contribution in [3.63, 3.8) is 0 Å². The third-order valence-corrected chi connectivity index (χ3v) is 4.76. The molecule has 0 aliphatic carbocycles. The number of nitrogens with zero attached hydrogens (tertiary/aromatic N) is 3. The van der Waals surface area contributed by atoms with Crippen LogP contribution in [0, 0.1) is 0 Å². The minimum Gasteiger partial charge on any atom is -0.492 e. The molecule has 8 nitrogen and oxygen atoms in total. The summed E-state index contributed by atoms with van der Waals surface area (Å²) in [7, 11) is 0. The van der Waals surface area contributed by atoms with Crippen LogP contribution in [-0.2, 0) is 4.79 Å². The number of ether oxygens (including phenoxy) is 1. The monoisotopic (exact) mass is 443 g/mol. The minimum atomic E-state index is -0.552. The topological polar surface area (TPSA) is 94.2 Å². The van der Waals surface area contributed by atoms with Crippen molar-refractivity contribution in [1.29, 1.82) is 0 Å². The first-order valence-electron chi connectivity index (χ1n) is 8.74. The summed E-state index contributed by atoms with van der Waals surface area (Å²) in [5.41, 5.74) is 1.74. The predicted octanol–water partition coefficient (Wildman–Crippen LogP) is 3.96. The van der Waals surface area contributed by atoms with E-state index in [0.29, 0.717) is 45.7 Å². The fraction of sp³-hybridized carbons (Fsp3) is 0.211. The number of anilines is 2. The molecule has 144 valence electrons. The number of hydrogen-bond donors (Lipinski definition) is 2. The number of aromatic nitrogens is 3. The highest BCUT2D eigenvalue weighted by molar-refractivity contribution is 9.10. The Morgan fingerprint density at radius 1 is 1.36 bits per heavy atom. The lowest BCUT2D eigenvalue weighted by Crippen LogP contribution is -2.31. The molecule has 1 unspecified atom stereocenters. The molecule has 1 aliphatic heterocycles. The molecule has 0 saturated carbocycles. The van der Waals surface area contributed by atoms with Crippen LogP contribution < -0.4 is 15.4 Å². The van der Waals surface area contributed by atoms with Crippen LogP contribution in [0.2, 0.25) is 0 Å². The van der Waals surface area contributed by atoms with E-state index in [1.54, 1.807) is 22.9 Å². The number of nitrogens with one attached hydrogen (secondary N) is 2. The van der Waals surface area contributed by atoms with Crippen molar-refractivity contribution in [3.05, 3.63) is 64.4 Å². The summed E-state index contributed by atoms with van der Waals surface area (Å²) >= 11 is 3.32. The van der Waals surface area contributed by atoms with E-state index in [1.165, 1.54) is 6.33 Å².